The zero-order valence-electron chi connectivity index (χ0n) is 21.6. The van der Waals surface area contributed by atoms with Gasteiger partial charge in [-0.25, -0.2) is 8.78 Å². The molecule has 0 atom stereocenters. The molecule has 0 aliphatic heterocycles. The third-order valence-electron chi connectivity index (χ3n) is 7.47. The van der Waals surface area contributed by atoms with Crippen molar-refractivity contribution in [2.45, 2.75) is 70.8 Å². The molecular formula is C32H34F2N2O. The van der Waals surface area contributed by atoms with E-state index in [-0.39, 0.29) is 18.2 Å². The Balaban J connectivity index is 1.56. The van der Waals surface area contributed by atoms with E-state index in [0.29, 0.717) is 18.0 Å². The average Bonchev–Trinajstić information content (AvgIpc) is 3.51. The van der Waals surface area contributed by atoms with Gasteiger partial charge in [0.15, 0.2) is 11.6 Å². The predicted octanol–water partition coefficient (Wildman–Crippen LogP) is 8.26. The number of carbonyl (C=O) groups excluding carboxylic acids is 1. The molecule has 5 heteroatoms. The van der Waals surface area contributed by atoms with Crippen LogP contribution in [-0.2, 0) is 12.8 Å². The molecule has 0 amide bonds. The Labute approximate surface area is 217 Å². The quantitative estimate of drug-likeness (QED) is 0.264. The molecule has 1 aliphatic carbocycles. The fourth-order valence-electron chi connectivity index (χ4n) is 5.69. The van der Waals surface area contributed by atoms with Crippen LogP contribution in [0.1, 0.15) is 79.0 Å². The summed E-state index contributed by atoms with van der Waals surface area (Å²) in [5.41, 5.74) is 5.95. The first kappa shape index (κ1) is 25.2. The SMILES string of the molecule is CC(C)c1c(Cc2ccccc2)c2ccc(NC3CCCC3)cc2n1C(=O)CCc1ccc(F)c(F)c1. The Bertz CT molecular complexity index is 1400. The number of nitrogens with one attached hydrogen (secondary N) is 1. The Hall–Kier alpha value is -3.47. The van der Waals surface area contributed by atoms with Crippen LogP contribution in [-0.4, -0.2) is 16.5 Å². The molecule has 1 fully saturated rings. The first-order valence-electron chi connectivity index (χ1n) is 13.4. The van der Waals surface area contributed by atoms with E-state index < -0.39 is 11.6 Å². The number of anilines is 1. The highest BCUT2D eigenvalue weighted by Gasteiger charge is 2.24. The van der Waals surface area contributed by atoms with E-state index in [0.717, 1.165) is 34.8 Å². The number of hydrogen-bond acceptors (Lipinski definition) is 2. The Morgan fingerprint density at radius 3 is 2.41 bits per heavy atom. The van der Waals surface area contributed by atoms with Crippen molar-refractivity contribution in [3.05, 3.63) is 101 Å². The Morgan fingerprint density at radius 1 is 0.946 bits per heavy atom. The number of halogens is 2. The van der Waals surface area contributed by atoms with Crippen LogP contribution in [0.2, 0.25) is 0 Å². The van der Waals surface area contributed by atoms with Crippen LogP contribution in [0.25, 0.3) is 10.9 Å². The molecule has 1 aromatic heterocycles. The van der Waals surface area contributed by atoms with Crippen molar-refractivity contribution < 1.29 is 13.6 Å². The lowest BCUT2D eigenvalue weighted by Gasteiger charge is -2.16. The van der Waals surface area contributed by atoms with E-state index in [4.69, 9.17) is 0 Å². The predicted molar refractivity (Wildman–Crippen MR) is 146 cm³/mol. The van der Waals surface area contributed by atoms with Gasteiger partial charge < -0.3 is 5.32 Å². The molecule has 37 heavy (non-hydrogen) atoms. The van der Waals surface area contributed by atoms with E-state index in [1.807, 2.05) is 22.8 Å². The van der Waals surface area contributed by atoms with Crippen LogP contribution in [0, 0.1) is 11.6 Å². The van der Waals surface area contributed by atoms with E-state index in [1.54, 1.807) is 6.07 Å². The first-order valence-corrected chi connectivity index (χ1v) is 13.4. The number of hydrogen-bond donors (Lipinski definition) is 1. The van der Waals surface area contributed by atoms with Gasteiger partial charge in [-0.2, -0.15) is 0 Å². The maximum atomic E-state index is 13.8. The van der Waals surface area contributed by atoms with E-state index in [1.165, 1.54) is 42.9 Å². The van der Waals surface area contributed by atoms with E-state index in [2.05, 4.69) is 49.5 Å². The third kappa shape index (κ3) is 5.46. The van der Waals surface area contributed by atoms with Gasteiger partial charge in [-0.05, 0) is 72.6 Å². The second-order valence-electron chi connectivity index (χ2n) is 10.5. The summed E-state index contributed by atoms with van der Waals surface area (Å²) >= 11 is 0. The third-order valence-corrected chi connectivity index (χ3v) is 7.47. The molecule has 3 aromatic carbocycles. The van der Waals surface area contributed by atoms with Crippen molar-refractivity contribution in [3.63, 3.8) is 0 Å². The Kier molecular flexibility index (Phi) is 7.40. The molecule has 3 nitrogen and oxygen atoms in total. The van der Waals surface area contributed by atoms with Crippen LogP contribution in [0.4, 0.5) is 14.5 Å². The number of fused-ring (bicyclic) bond motifs is 1. The van der Waals surface area contributed by atoms with Gasteiger partial charge >= 0.3 is 0 Å². The number of carbonyl (C=O) groups is 1. The van der Waals surface area contributed by atoms with Gasteiger partial charge in [0.2, 0.25) is 5.91 Å². The van der Waals surface area contributed by atoms with Crippen molar-refractivity contribution >= 4 is 22.5 Å². The standard InChI is InChI=1S/C32H34F2N2O/c1-21(2)32-27(18-22-8-4-3-5-9-22)26-15-14-25(35-24-10-6-7-11-24)20-30(26)36(32)31(37)17-13-23-12-16-28(33)29(34)19-23/h3-5,8-9,12,14-16,19-21,24,35H,6-7,10-11,13,17-18H2,1-2H3. The monoisotopic (exact) mass is 500 g/mol. The van der Waals surface area contributed by atoms with Gasteiger partial charge in [-0.3, -0.25) is 9.36 Å². The summed E-state index contributed by atoms with van der Waals surface area (Å²) in [5.74, 6) is -1.66. The van der Waals surface area contributed by atoms with Crippen molar-refractivity contribution in [1.82, 2.24) is 4.57 Å². The molecule has 4 aromatic rings. The largest absolute Gasteiger partial charge is 0.382 e. The number of nitrogens with zero attached hydrogens (tertiary/aromatic N) is 1. The molecule has 1 aliphatic rings. The molecule has 1 saturated carbocycles. The summed E-state index contributed by atoms with van der Waals surface area (Å²) < 4.78 is 29.0. The summed E-state index contributed by atoms with van der Waals surface area (Å²) in [5, 5.41) is 4.76. The molecule has 0 spiro atoms. The average molecular weight is 501 g/mol. The highest BCUT2D eigenvalue weighted by atomic mass is 19.2. The van der Waals surface area contributed by atoms with Crippen molar-refractivity contribution in [2.24, 2.45) is 0 Å². The smallest absolute Gasteiger partial charge is 0.231 e. The number of benzene rings is 3. The van der Waals surface area contributed by atoms with Crippen LogP contribution >= 0.6 is 0 Å². The zero-order valence-corrected chi connectivity index (χ0v) is 21.6. The first-order chi connectivity index (χ1) is 17.9. The molecule has 192 valence electrons. The fraction of sp³-hybridized carbons (Fsp3) is 0.344. The number of aryl methyl sites for hydroxylation is 1. The van der Waals surface area contributed by atoms with Gasteiger partial charge in [-0.15, -0.1) is 0 Å². The molecule has 0 radical (unpaired) electrons. The van der Waals surface area contributed by atoms with Crippen molar-refractivity contribution in [3.8, 4) is 0 Å². The second kappa shape index (κ2) is 10.9. The summed E-state index contributed by atoms with van der Waals surface area (Å²) in [6, 6.07) is 21.1. The minimum atomic E-state index is -0.882. The Morgan fingerprint density at radius 2 is 1.70 bits per heavy atom. The second-order valence-corrected chi connectivity index (χ2v) is 10.5. The fourth-order valence-corrected chi connectivity index (χ4v) is 5.69. The van der Waals surface area contributed by atoms with Crippen molar-refractivity contribution in [2.75, 3.05) is 5.32 Å². The molecule has 0 bridgehead atoms. The van der Waals surface area contributed by atoms with E-state index in [9.17, 15) is 13.6 Å². The molecule has 1 N–H and O–H groups in total. The van der Waals surface area contributed by atoms with Gasteiger partial charge in [0, 0.05) is 29.2 Å². The molecule has 5 rings (SSSR count). The highest BCUT2D eigenvalue weighted by molar-refractivity contribution is 5.98. The van der Waals surface area contributed by atoms with Gasteiger partial charge in [0.05, 0.1) is 5.52 Å². The lowest BCUT2D eigenvalue weighted by molar-refractivity contribution is 0.0904. The lowest BCUT2D eigenvalue weighted by Crippen LogP contribution is -2.17. The van der Waals surface area contributed by atoms with E-state index >= 15 is 0 Å². The molecule has 1 heterocycles. The number of aromatic nitrogens is 1. The van der Waals surface area contributed by atoms with Crippen LogP contribution in [0.3, 0.4) is 0 Å². The van der Waals surface area contributed by atoms with Crippen LogP contribution < -0.4 is 5.32 Å². The van der Waals surface area contributed by atoms with Gasteiger partial charge in [0.25, 0.3) is 0 Å². The van der Waals surface area contributed by atoms with Crippen LogP contribution in [0.5, 0.6) is 0 Å². The normalized spacial score (nSPS) is 14.1. The zero-order chi connectivity index (χ0) is 25.9. The van der Waals surface area contributed by atoms with Gasteiger partial charge in [0.1, 0.15) is 0 Å². The maximum Gasteiger partial charge on any atom is 0.231 e. The maximum absolute atomic E-state index is 13.8. The highest BCUT2D eigenvalue weighted by Crippen LogP contribution is 2.35. The summed E-state index contributed by atoms with van der Waals surface area (Å²) in [4.78, 5) is 13.8. The van der Waals surface area contributed by atoms with Gasteiger partial charge in [-0.1, -0.05) is 69.2 Å². The molecule has 0 saturated heterocycles. The van der Waals surface area contributed by atoms with Crippen LogP contribution in [0.15, 0.2) is 66.7 Å². The topological polar surface area (TPSA) is 34.0 Å². The summed E-state index contributed by atoms with van der Waals surface area (Å²) in [6.07, 6.45) is 6.13. The molecule has 0 unspecified atom stereocenters. The molecular weight excluding hydrogens is 466 g/mol. The summed E-state index contributed by atoms with van der Waals surface area (Å²) in [7, 11) is 0. The minimum absolute atomic E-state index is 0.0317. The minimum Gasteiger partial charge on any atom is -0.382 e. The summed E-state index contributed by atoms with van der Waals surface area (Å²) in [6.45, 7) is 4.25. The number of rotatable bonds is 8. The lowest BCUT2D eigenvalue weighted by atomic mass is 9.97. The van der Waals surface area contributed by atoms with Crippen molar-refractivity contribution in [1.29, 1.82) is 0 Å².